The predicted molar refractivity (Wildman–Crippen MR) is 88.2 cm³/mol. The topological polar surface area (TPSA) is 55.1 Å². The Morgan fingerprint density at radius 3 is 2.85 bits per heavy atom. The average molecular weight is 353 g/mol. The zero-order valence-electron chi connectivity index (χ0n) is 11.3. The molecule has 106 valence electrons. The summed E-state index contributed by atoms with van der Waals surface area (Å²) in [6, 6.07) is 6.13. The van der Waals surface area contributed by atoms with E-state index < -0.39 is 0 Å². The molecule has 0 aliphatic heterocycles. The van der Waals surface area contributed by atoms with Crippen molar-refractivity contribution >= 4 is 48.9 Å². The molecule has 1 unspecified atom stereocenters. The molecule has 1 aliphatic carbocycles. The van der Waals surface area contributed by atoms with Crippen molar-refractivity contribution in [3.8, 4) is 0 Å². The Morgan fingerprint density at radius 1 is 1.50 bits per heavy atom. The van der Waals surface area contributed by atoms with Crippen molar-refractivity contribution in [3.63, 3.8) is 0 Å². The monoisotopic (exact) mass is 352 g/mol. The number of halogens is 1. The number of thiophene rings is 1. The van der Waals surface area contributed by atoms with Crippen LogP contribution in [0.2, 0.25) is 0 Å². The lowest BCUT2D eigenvalue weighted by Gasteiger charge is -2.31. The van der Waals surface area contributed by atoms with Crippen LogP contribution in [-0.2, 0) is 0 Å². The minimum absolute atomic E-state index is 0.0463. The van der Waals surface area contributed by atoms with Gasteiger partial charge >= 0.3 is 0 Å². The number of nitrogens with one attached hydrogen (secondary N) is 1. The van der Waals surface area contributed by atoms with E-state index >= 15 is 0 Å². The van der Waals surface area contributed by atoms with Gasteiger partial charge in [0, 0.05) is 20.6 Å². The summed E-state index contributed by atoms with van der Waals surface area (Å²) in [7, 11) is 0. The zero-order chi connectivity index (χ0) is 14.3. The van der Waals surface area contributed by atoms with Crippen LogP contribution >= 0.6 is 27.3 Å². The number of nitrogens with two attached hydrogens (primary N) is 1. The van der Waals surface area contributed by atoms with E-state index in [9.17, 15) is 4.79 Å². The molecular weight excluding hydrogens is 336 g/mol. The fraction of sp³-hybridized carbons (Fsp3) is 0.400. The minimum Gasteiger partial charge on any atom is -0.397 e. The molecule has 1 saturated carbocycles. The first-order valence-corrected chi connectivity index (χ1v) is 8.46. The van der Waals surface area contributed by atoms with Crippen molar-refractivity contribution in [1.82, 2.24) is 5.32 Å². The molecule has 20 heavy (non-hydrogen) atoms. The second-order valence-corrected chi connectivity index (χ2v) is 7.32. The lowest BCUT2D eigenvalue weighted by molar-refractivity contribution is 0.0914. The molecule has 5 heteroatoms. The number of amides is 1. The van der Waals surface area contributed by atoms with Crippen LogP contribution in [0.1, 0.15) is 35.9 Å². The molecule has 2 aromatic rings. The molecule has 1 aromatic carbocycles. The fourth-order valence-electron chi connectivity index (χ4n) is 2.63. The molecule has 1 aliphatic rings. The van der Waals surface area contributed by atoms with Gasteiger partial charge in [-0.1, -0.05) is 28.4 Å². The number of hydrogen-bond donors (Lipinski definition) is 2. The van der Waals surface area contributed by atoms with E-state index in [-0.39, 0.29) is 11.9 Å². The van der Waals surface area contributed by atoms with Gasteiger partial charge in [-0.25, -0.2) is 0 Å². The van der Waals surface area contributed by atoms with Crippen LogP contribution in [0.5, 0.6) is 0 Å². The molecule has 3 nitrogen and oxygen atoms in total. The van der Waals surface area contributed by atoms with Gasteiger partial charge in [-0.3, -0.25) is 4.79 Å². The van der Waals surface area contributed by atoms with Crippen LogP contribution in [-0.4, -0.2) is 11.9 Å². The summed E-state index contributed by atoms with van der Waals surface area (Å²) in [5.74, 6) is 0.580. The molecule has 1 fully saturated rings. The van der Waals surface area contributed by atoms with Crippen LogP contribution in [0.25, 0.3) is 10.1 Å². The van der Waals surface area contributed by atoms with Crippen molar-refractivity contribution in [1.29, 1.82) is 0 Å². The molecule has 3 N–H and O–H groups in total. The van der Waals surface area contributed by atoms with Gasteiger partial charge in [0.15, 0.2) is 0 Å². The first kappa shape index (κ1) is 13.9. The van der Waals surface area contributed by atoms with Crippen molar-refractivity contribution in [2.24, 2.45) is 5.92 Å². The van der Waals surface area contributed by atoms with E-state index in [4.69, 9.17) is 5.73 Å². The highest BCUT2D eigenvalue weighted by Gasteiger charge is 2.26. The van der Waals surface area contributed by atoms with E-state index in [1.54, 1.807) is 0 Å². The van der Waals surface area contributed by atoms with Crippen LogP contribution in [0, 0.1) is 5.92 Å². The number of fused-ring (bicyclic) bond motifs is 1. The van der Waals surface area contributed by atoms with Crippen molar-refractivity contribution < 1.29 is 4.79 Å². The highest BCUT2D eigenvalue weighted by molar-refractivity contribution is 9.10. The highest BCUT2D eigenvalue weighted by Crippen LogP contribution is 2.38. The largest absolute Gasteiger partial charge is 0.397 e. The first-order chi connectivity index (χ1) is 9.58. The summed E-state index contributed by atoms with van der Waals surface area (Å²) >= 11 is 4.96. The number of carbonyl (C=O) groups excluding carboxylic acids is 1. The standard InChI is InChI=1S/C15H17BrN2OS/c1-8(9-4-2-5-9)18-15(19)14-13(17)12-10(16)6-3-7-11(12)20-14/h3,6-9H,2,4-5,17H2,1H3,(H,18,19). The normalized spacial score (nSPS) is 16.9. The van der Waals surface area contributed by atoms with E-state index in [0.717, 1.165) is 14.6 Å². The summed E-state index contributed by atoms with van der Waals surface area (Å²) in [6.45, 7) is 2.08. The van der Waals surface area contributed by atoms with Crippen molar-refractivity contribution in [2.75, 3.05) is 5.73 Å². The molecule has 0 bridgehead atoms. The molecule has 1 atom stereocenters. The van der Waals surface area contributed by atoms with Crippen molar-refractivity contribution in [2.45, 2.75) is 32.2 Å². The Bertz CT molecular complexity index is 663. The molecule has 0 radical (unpaired) electrons. The molecule has 0 saturated heterocycles. The molecule has 1 amide bonds. The second-order valence-electron chi connectivity index (χ2n) is 5.41. The number of hydrogen-bond acceptors (Lipinski definition) is 3. The average Bonchev–Trinajstić information content (AvgIpc) is 2.65. The van der Waals surface area contributed by atoms with Gasteiger partial charge in [0.05, 0.1) is 5.69 Å². The van der Waals surface area contributed by atoms with Gasteiger partial charge in [-0.05, 0) is 37.8 Å². The zero-order valence-corrected chi connectivity index (χ0v) is 13.7. The summed E-state index contributed by atoms with van der Waals surface area (Å²) in [6.07, 6.45) is 3.71. The molecular formula is C15H17BrN2OS. The van der Waals surface area contributed by atoms with Gasteiger partial charge < -0.3 is 11.1 Å². The van der Waals surface area contributed by atoms with Crippen LogP contribution in [0.3, 0.4) is 0 Å². The molecule has 3 rings (SSSR count). The number of rotatable bonds is 3. The second kappa shape index (κ2) is 5.37. The van der Waals surface area contributed by atoms with Crippen molar-refractivity contribution in [3.05, 3.63) is 27.5 Å². The molecule has 1 aromatic heterocycles. The Hall–Kier alpha value is -1.07. The maximum absolute atomic E-state index is 12.4. The van der Waals surface area contributed by atoms with E-state index in [0.29, 0.717) is 16.5 Å². The third-order valence-corrected chi connectivity index (χ3v) is 5.95. The number of benzene rings is 1. The SMILES string of the molecule is CC(NC(=O)c1sc2cccc(Br)c2c1N)C1CCC1. The van der Waals surface area contributed by atoms with Gasteiger partial charge in [-0.2, -0.15) is 0 Å². The summed E-state index contributed by atoms with van der Waals surface area (Å²) < 4.78 is 1.98. The maximum atomic E-state index is 12.4. The van der Waals surface area contributed by atoms with Crippen LogP contribution in [0.15, 0.2) is 22.7 Å². The molecule has 1 heterocycles. The Balaban J connectivity index is 1.87. The maximum Gasteiger partial charge on any atom is 0.263 e. The van der Waals surface area contributed by atoms with Crippen LogP contribution in [0.4, 0.5) is 5.69 Å². The highest BCUT2D eigenvalue weighted by atomic mass is 79.9. The van der Waals surface area contributed by atoms with E-state index in [2.05, 4.69) is 28.2 Å². The Morgan fingerprint density at radius 2 is 2.25 bits per heavy atom. The number of anilines is 1. The lowest BCUT2D eigenvalue weighted by Crippen LogP contribution is -2.40. The summed E-state index contributed by atoms with van der Waals surface area (Å²) in [4.78, 5) is 13.0. The Kier molecular flexibility index (Phi) is 3.73. The van der Waals surface area contributed by atoms with Gasteiger partial charge in [0.2, 0.25) is 0 Å². The van der Waals surface area contributed by atoms with E-state index in [1.165, 1.54) is 30.6 Å². The minimum atomic E-state index is -0.0463. The van der Waals surface area contributed by atoms with E-state index in [1.807, 2.05) is 18.2 Å². The smallest absolute Gasteiger partial charge is 0.263 e. The lowest BCUT2D eigenvalue weighted by atomic mass is 9.80. The molecule has 0 spiro atoms. The summed E-state index contributed by atoms with van der Waals surface area (Å²) in [5.41, 5.74) is 6.74. The third-order valence-electron chi connectivity index (χ3n) is 4.12. The number of nitrogen functional groups attached to an aromatic ring is 1. The van der Waals surface area contributed by atoms with Gasteiger partial charge in [0.1, 0.15) is 4.88 Å². The fourth-order valence-corrected chi connectivity index (χ4v) is 4.39. The quantitative estimate of drug-likeness (QED) is 0.870. The number of carbonyl (C=O) groups is 1. The van der Waals surface area contributed by atoms with Gasteiger partial charge in [0.25, 0.3) is 5.91 Å². The summed E-state index contributed by atoms with van der Waals surface area (Å²) in [5, 5.41) is 4.04. The van der Waals surface area contributed by atoms with Gasteiger partial charge in [-0.15, -0.1) is 11.3 Å². The Labute approximate surface area is 130 Å². The third kappa shape index (κ3) is 2.33. The first-order valence-electron chi connectivity index (χ1n) is 6.85. The van der Waals surface area contributed by atoms with Crippen LogP contribution < -0.4 is 11.1 Å². The predicted octanol–water partition coefficient (Wildman–Crippen LogP) is 4.16.